The lowest BCUT2D eigenvalue weighted by Gasteiger charge is -2.33. The summed E-state index contributed by atoms with van der Waals surface area (Å²) < 4.78 is 28.3. The van der Waals surface area contributed by atoms with Crippen LogP contribution < -0.4 is 4.90 Å². The van der Waals surface area contributed by atoms with Crippen molar-refractivity contribution < 1.29 is 13.2 Å². The third-order valence-corrected chi connectivity index (χ3v) is 8.89. The van der Waals surface area contributed by atoms with E-state index in [0.29, 0.717) is 23.6 Å². The molecule has 0 radical (unpaired) electrons. The van der Waals surface area contributed by atoms with Crippen LogP contribution in [0.15, 0.2) is 38.3 Å². The average Bonchev–Trinajstić information content (AvgIpc) is 3.10. The maximum atomic E-state index is 13.1. The molecule has 1 fully saturated rings. The zero-order chi connectivity index (χ0) is 19.8. The van der Waals surface area contributed by atoms with Crippen LogP contribution in [0.3, 0.4) is 0 Å². The molecule has 0 aliphatic carbocycles. The number of rotatable bonds is 4. The molecule has 1 amide bonds. The summed E-state index contributed by atoms with van der Waals surface area (Å²) >= 11 is 4.51. The molecule has 5 nitrogen and oxygen atoms in total. The second-order valence-electron chi connectivity index (χ2n) is 6.95. The van der Waals surface area contributed by atoms with E-state index in [9.17, 15) is 13.2 Å². The van der Waals surface area contributed by atoms with Crippen molar-refractivity contribution >= 4 is 48.9 Å². The lowest BCUT2D eigenvalue weighted by Crippen LogP contribution is -2.45. The molecule has 27 heavy (non-hydrogen) atoms. The minimum absolute atomic E-state index is 0.0315. The fourth-order valence-electron chi connectivity index (χ4n) is 3.40. The maximum absolute atomic E-state index is 13.1. The molecule has 146 valence electrons. The Labute approximate surface area is 173 Å². The van der Waals surface area contributed by atoms with Gasteiger partial charge >= 0.3 is 0 Å². The fourth-order valence-corrected chi connectivity index (χ4v) is 7.09. The standard InChI is InChI=1S/C19H23BrN2O3S2/c1-13-6-7-14(2)16(11-13)21(3)19(23)15-5-4-10-22(12-15)27(24,25)18-9-8-17(20)26-18/h6-9,11,15H,4-5,10,12H2,1-3H3. The van der Waals surface area contributed by atoms with Gasteiger partial charge in [-0.1, -0.05) is 12.1 Å². The monoisotopic (exact) mass is 470 g/mol. The molecule has 1 atom stereocenters. The molecule has 2 aromatic rings. The summed E-state index contributed by atoms with van der Waals surface area (Å²) in [6.07, 6.45) is 1.39. The summed E-state index contributed by atoms with van der Waals surface area (Å²) in [5.41, 5.74) is 2.99. The van der Waals surface area contributed by atoms with Crippen molar-refractivity contribution in [3.05, 3.63) is 45.2 Å². The zero-order valence-electron chi connectivity index (χ0n) is 15.6. The number of carbonyl (C=O) groups excluding carboxylic acids is 1. The molecule has 1 saturated heterocycles. The molecule has 8 heteroatoms. The number of hydrogen-bond acceptors (Lipinski definition) is 4. The van der Waals surface area contributed by atoms with Gasteiger partial charge in [0, 0.05) is 25.8 Å². The first-order valence-electron chi connectivity index (χ1n) is 8.80. The van der Waals surface area contributed by atoms with E-state index in [1.165, 1.54) is 15.6 Å². The number of benzene rings is 1. The Bertz CT molecular complexity index is 956. The van der Waals surface area contributed by atoms with Crippen LogP contribution in [0.2, 0.25) is 0 Å². The smallest absolute Gasteiger partial charge is 0.252 e. The van der Waals surface area contributed by atoms with Gasteiger partial charge in [0.15, 0.2) is 0 Å². The molecular formula is C19H23BrN2O3S2. The number of piperidine rings is 1. The first-order valence-corrected chi connectivity index (χ1v) is 11.9. The molecule has 3 rings (SSSR count). The average molecular weight is 471 g/mol. The second-order valence-corrected chi connectivity index (χ2v) is 11.6. The number of sulfonamides is 1. The summed E-state index contributed by atoms with van der Waals surface area (Å²) in [6, 6.07) is 9.36. The lowest BCUT2D eigenvalue weighted by molar-refractivity contribution is -0.123. The summed E-state index contributed by atoms with van der Waals surface area (Å²) in [5, 5.41) is 0. The molecule has 0 saturated carbocycles. The van der Waals surface area contributed by atoms with Gasteiger partial charge in [0.2, 0.25) is 5.91 Å². The molecule has 0 N–H and O–H groups in total. The predicted molar refractivity (Wildman–Crippen MR) is 113 cm³/mol. The first kappa shape index (κ1) is 20.5. The molecular weight excluding hydrogens is 448 g/mol. The Kier molecular flexibility index (Phi) is 6.10. The van der Waals surface area contributed by atoms with Crippen LogP contribution >= 0.6 is 27.3 Å². The zero-order valence-corrected chi connectivity index (χ0v) is 18.8. The number of hydrogen-bond donors (Lipinski definition) is 0. The number of anilines is 1. The Morgan fingerprint density at radius 1 is 1.26 bits per heavy atom. The number of thiophene rings is 1. The van der Waals surface area contributed by atoms with Crippen LogP contribution in [0, 0.1) is 19.8 Å². The Balaban J connectivity index is 1.79. The molecule has 0 spiro atoms. The van der Waals surface area contributed by atoms with E-state index < -0.39 is 10.0 Å². The van der Waals surface area contributed by atoms with Gasteiger partial charge < -0.3 is 4.90 Å². The van der Waals surface area contributed by atoms with Crippen LogP contribution in [-0.4, -0.2) is 38.8 Å². The van der Waals surface area contributed by atoms with Crippen molar-refractivity contribution in [3.63, 3.8) is 0 Å². The Morgan fingerprint density at radius 3 is 2.67 bits per heavy atom. The summed E-state index contributed by atoms with van der Waals surface area (Å²) in [5.74, 6) is -0.363. The van der Waals surface area contributed by atoms with Gasteiger partial charge in [-0.25, -0.2) is 8.42 Å². The summed E-state index contributed by atoms with van der Waals surface area (Å²) in [4.78, 5) is 14.7. The van der Waals surface area contributed by atoms with Gasteiger partial charge in [-0.15, -0.1) is 11.3 Å². The van der Waals surface area contributed by atoms with Crippen LogP contribution in [0.5, 0.6) is 0 Å². The van der Waals surface area contributed by atoms with E-state index in [0.717, 1.165) is 20.6 Å². The van der Waals surface area contributed by atoms with E-state index in [4.69, 9.17) is 0 Å². The highest BCUT2D eigenvalue weighted by molar-refractivity contribution is 9.11. The molecule has 0 bridgehead atoms. The maximum Gasteiger partial charge on any atom is 0.252 e. The second kappa shape index (κ2) is 8.03. The van der Waals surface area contributed by atoms with Crippen LogP contribution in [0.1, 0.15) is 24.0 Å². The SMILES string of the molecule is Cc1ccc(C)c(N(C)C(=O)C2CCCN(S(=O)(=O)c3ccc(Br)s3)C2)c1. The Hall–Kier alpha value is -1.22. The highest BCUT2D eigenvalue weighted by Crippen LogP contribution is 2.32. The van der Waals surface area contributed by atoms with Gasteiger partial charge in [0.1, 0.15) is 4.21 Å². The van der Waals surface area contributed by atoms with E-state index in [1.807, 2.05) is 32.0 Å². The number of halogens is 1. The van der Waals surface area contributed by atoms with Crippen LogP contribution in [0.4, 0.5) is 5.69 Å². The third kappa shape index (κ3) is 4.29. The number of carbonyl (C=O) groups is 1. The normalized spacial score (nSPS) is 18.4. The van der Waals surface area contributed by atoms with E-state index in [2.05, 4.69) is 15.9 Å². The molecule has 1 aromatic heterocycles. The molecule has 2 heterocycles. The predicted octanol–water partition coefficient (Wildman–Crippen LogP) is 4.19. The highest BCUT2D eigenvalue weighted by Gasteiger charge is 2.35. The largest absolute Gasteiger partial charge is 0.315 e. The van der Waals surface area contributed by atoms with Crippen molar-refractivity contribution in [3.8, 4) is 0 Å². The van der Waals surface area contributed by atoms with Crippen molar-refractivity contribution in [1.29, 1.82) is 0 Å². The third-order valence-electron chi connectivity index (χ3n) is 4.93. The quantitative estimate of drug-likeness (QED) is 0.672. The highest BCUT2D eigenvalue weighted by atomic mass is 79.9. The summed E-state index contributed by atoms with van der Waals surface area (Å²) in [6.45, 7) is 4.65. The number of aryl methyl sites for hydroxylation is 2. The molecule has 1 aliphatic heterocycles. The van der Waals surface area contributed by atoms with E-state index >= 15 is 0 Å². The molecule has 1 aliphatic rings. The van der Waals surface area contributed by atoms with E-state index in [-0.39, 0.29) is 18.4 Å². The number of amides is 1. The molecule has 1 aromatic carbocycles. The van der Waals surface area contributed by atoms with E-state index in [1.54, 1.807) is 24.1 Å². The molecule has 1 unspecified atom stereocenters. The lowest BCUT2D eigenvalue weighted by atomic mass is 9.97. The Morgan fingerprint density at radius 2 is 2.00 bits per heavy atom. The van der Waals surface area contributed by atoms with Crippen LogP contribution in [0.25, 0.3) is 0 Å². The minimum atomic E-state index is -3.56. The van der Waals surface area contributed by atoms with Gasteiger partial charge in [-0.05, 0) is 71.9 Å². The minimum Gasteiger partial charge on any atom is -0.315 e. The van der Waals surface area contributed by atoms with Gasteiger partial charge in [-0.2, -0.15) is 4.31 Å². The number of nitrogens with zero attached hydrogens (tertiary/aromatic N) is 2. The van der Waals surface area contributed by atoms with Crippen molar-refractivity contribution in [2.24, 2.45) is 5.92 Å². The summed E-state index contributed by atoms with van der Waals surface area (Å²) in [7, 11) is -1.79. The van der Waals surface area contributed by atoms with Gasteiger partial charge in [-0.3, -0.25) is 4.79 Å². The van der Waals surface area contributed by atoms with Crippen molar-refractivity contribution in [2.45, 2.75) is 30.9 Å². The van der Waals surface area contributed by atoms with Gasteiger partial charge in [0.25, 0.3) is 10.0 Å². The van der Waals surface area contributed by atoms with Crippen molar-refractivity contribution in [1.82, 2.24) is 4.31 Å². The van der Waals surface area contributed by atoms with Crippen molar-refractivity contribution in [2.75, 3.05) is 25.0 Å². The fraction of sp³-hybridized carbons (Fsp3) is 0.421. The first-order chi connectivity index (χ1) is 12.7. The topological polar surface area (TPSA) is 57.7 Å². The van der Waals surface area contributed by atoms with Gasteiger partial charge in [0.05, 0.1) is 9.70 Å². The van der Waals surface area contributed by atoms with Crippen LogP contribution in [-0.2, 0) is 14.8 Å².